The Labute approximate surface area is 175 Å². The number of likely N-dealkylation sites (tertiary alicyclic amines) is 1. The van der Waals surface area contributed by atoms with Crippen molar-refractivity contribution in [3.05, 3.63) is 23.9 Å². The smallest absolute Gasteiger partial charge is 0.213 e. The number of rotatable bonds is 9. The number of aromatic nitrogens is 1. The minimum absolute atomic E-state index is 0.479. The normalized spacial score (nSPS) is 21.3. The molecule has 0 aromatic carbocycles. The van der Waals surface area contributed by atoms with Gasteiger partial charge in [0.2, 0.25) is 5.88 Å². The lowest BCUT2D eigenvalue weighted by Crippen LogP contribution is -2.49. The lowest BCUT2D eigenvalue weighted by Gasteiger charge is -2.34. The highest BCUT2D eigenvalue weighted by Crippen LogP contribution is 2.17. The van der Waals surface area contributed by atoms with Gasteiger partial charge < -0.3 is 25.0 Å². The first-order chi connectivity index (χ1) is 14.3. The van der Waals surface area contributed by atoms with E-state index in [0.29, 0.717) is 25.1 Å². The molecule has 0 bridgehead atoms. The second-order valence-electron chi connectivity index (χ2n) is 8.00. The van der Waals surface area contributed by atoms with Gasteiger partial charge in [0.25, 0.3) is 0 Å². The molecule has 1 unspecified atom stereocenters. The molecule has 7 nitrogen and oxygen atoms in total. The highest BCUT2D eigenvalue weighted by atomic mass is 16.5. The quantitative estimate of drug-likeness (QED) is 0.487. The number of ether oxygens (including phenoxy) is 2. The fourth-order valence-corrected chi connectivity index (χ4v) is 3.83. The molecule has 2 aliphatic rings. The van der Waals surface area contributed by atoms with Crippen LogP contribution in [-0.2, 0) is 11.3 Å². The van der Waals surface area contributed by atoms with Crippen molar-refractivity contribution < 1.29 is 9.47 Å². The molecule has 29 heavy (non-hydrogen) atoms. The van der Waals surface area contributed by atoms with E-state index in [9.17, 15) is 0 Å². The van der Waals surface area contributed by atoms with E-state index >= 15 is 0 Å². The van der Waals surface area contributed by atoms with E-state index in [2.05, 4.69) is 34.4 Å². The molecule has 7 heteroatoms. The summed E-state index contributed by atoms with van der Waals surface area (Å²) in [5, 5.41) is 7.00. The van der Waals surface area contributed by atoms with Crippen molar-refractivity contribution in [1.82, 2.24) is 20.5 Å². The maximum absolute atomic E-state index is 5.54. The Balaban J connectivity index is 1.44. The number of nitrogens with one attached hydrogen (secondary N) is 2. The van der Waals surface area contributed by atoms with Crippen LogP contribution >= 0.6 is 0 Å². The number of pyridine rings is 1. The number of nitrogens with zero attached hydrogens (tertiary/aromatic N) is 3. The van der Waals surface area contributed by atoms with Gasteiger partial charge in [0, 0.05) is 51.1 Å². The van der Waals surface area contributed by atoms with Gasteiger partial charge in [0.05, 0.1) is 19.8 Å². The highest BCUT2D eigenvalue weighted by Gasteiger charge is 2.24. The third-order valence-corrected chi connectivity index (χ3v) is 5.48. The predicted molar refractivity (Wildman–Crippen MR) is 116 cm³/mol. The molecule has 0 spiro atoms. The van der Waals surface area contributed by atoms with Crippen LogP contribution in [0.2, 0.25) is 0 Å². The third-order valence-electron chi connectivity index (χ3n) is 5.48. The zero-order valence-electron chi connectivity index (χ0n) is 18.0. The first-order valence-electron chi connectivity index (χ1n) is 11.2. The maximum atomic E-state index is 5.54. The first-order valence-corrected chi connectivity index (χ1v) is 11.2. The van der Waals surface area contributed by atoms with Gasteiger partial charge in [0.1, 0.15) is 0 Å². The first kappa shape index (κ1) is 21.8. The van der Waals surface area contributed by atoms with Gasteiger partial charge in [-0.1, -0.05) is 13.0 Å². The Morgan fingerprint density at radius 2 is 2.14 bits per heavy atom. The maximum Gasteiger partial charge on any atom is 0.213 e. The summed E-state index contributed by atoms with van der Waals surface area (Å²) in [6, 6.07) is 4.44. The SMILES string of the molecule is CCCOc1ccc(CN=C(NCC)NC2CCN(CC3CCOC3)CC2)cn1. The molecule has 1 atom stereocenters. The Bertz CT molecular complexity index is 608. The van der Waals surface area contributed by atoms with E-state index in [4.69, 9.17) is 14.5 Å². The molecule has 0 radical (unpaired) electrons. The lowest BCUT2D eigenvalue weighted by molar-refractivity contribution is 0.150. The summed E-state index contributed by atoms with van der Waals surface area (Å²) in [6.45, 7) is 11.7. The minimum atomic E-state index is 0.479. The zero-order valence-corrected chi connectivity index (χ0v) is 18.0. The van der Waals surface area contributed by atoms with Gasteiger partial charge in [-0.2, -0.15) is 0 Å². The largest absolute Gasteiger partial charge is 0.478 e. The van der Waals surface area contributed by atoms with Crippen LogP contribution in [0, 0.1) is 5.92 Å². The standard InChI is InChI=1S/C22H37N5O2/c1-3-12-29-21-6-5-18(14-24-21)15-25-22(23-4-2)26-20-7-10-27(11-8-20)16-19-9-13-28-17-19/h5-6,14,19-20H,3-4,7-13,15-17H2,1-2H3,(H2,23,25,26). The predicted octanol–water partition coefficient (Wildman–Crippen LogP) is 2.43. The number of piperidine rings is 1. The topological polar surface area (TPSA) is 71.0 Å². The van der Waals surface area contributed by atoms with Crippen LogP contribution in [0.5, 0.6) is 5.88 Å². The van der Waals surface area contributed by atoms with E-state index in [-0.39, 0.29) is 0 Å². The molecule has 2 aliphatic heterocycles. The van der Waals surface area contributed by atoms with Gasteiger partial charge in [0.15, 0.2) is 5.96 Å². The summed E-state index contributed by atoms with van der Waals surface area (Å²) in [6.07, 6.45) is 6.37. The lowest BCUT2D eigenvalue weighted by atomic mass is 10.0. The molecular formula is C22H37N5O2. The molecule has 0 amide bonds. The van der Waals surface area contributed by atoms with Gasteiger partial charge in [-0.25, -0.2) is 9.98 Å². The molecule has 3 rings (SSSR count). The van der Waals surface area contributed by atoms with Crippen molar-refractivity contribution >= 4 is 5.96 Å². The van der Waals surface area contributed by atoms with Crippen LogP contribution in [0.25, 0.3) is 0 Å². The van der Waals surface area contributed by atoms with Crippen LogP contribution in [0.3, 0.4) is 0 Å². The van der Waals surface area contributed by atoms with Crippen LogP contribution in [0.15, 0.2) is 23.3 Å². The van der Waals surface area contributed by atoms with Gasteiger partial charge in [-0.05, 0) is 44.1 Å². The second-order valence-corrected chi connectivity index (χ2v) is 8.00. The highest BCUT2D eigenvalue weighted by molar-refractivity contribution is 5.80. The Morgan fingerprint density at radius 3 is 2.79 bits per heavy atom. The number of hydrogen-bond acceptors (Lipinski definition) is 5. The summed E-state index contributed by atoms with van der Waals surface area (Å²) < 4.78 is 11.1. The summed E-state index contributed by atoms with van der Waals surface area (Å²) in [5.41, 5.74) is 1.08. The number of hydrogen-bond donors (Lipinski definition) is 2. The van der Waals surface area contributed by atoms with Gasteiger partial charge >= 0.3 is 0 Å². The fourth-order valence-electron chi connectivity index (χ4n) is 3.83. The van der Waals surface area contributed by atoms with E-state index in [0.717, 1.165) is 69.6 Å². The van der Waals surface area contributed by atoms with Crippen molar-refractivity contribution in [2.75, 3.05) is 46.0 Å². The third kappa shape index (κ3) is 7.48. The molecule has 1 aromatic heterocycles. The van der Waals surface area contributed by atoms with Crippen molar-refractivity contribution in [2.24, 2.45) is 10.9 Å². The van der Waals surface area contributed by atoms with Crippen LogP contribution in [0.1, 0.15) is 45.1 Å². The van der Waals surface area contributed by atoms with Crippen molar-refractivity contribution in [3.63, 3.8) is 0 Å². The second kappa shape index (κ2) is 12.0. The molecule has 162 valence electrons. The monoisotopic (exact) mass is 403 g/mol. The van der Waals surface area contributed by atoms with Crippen LogP contribution in [0.4, 0.5) is 0 Å². The van der Waals surface area contributed by atoms with Crippen molar-refractivity contribution in [1.29, 1.82) is 0 Å². The van der Waals surface area contributed by atoms with Crippen molar-refractivity contribution in [2.45, 2.75) is 52.1 Å². The van der Waals surface area contributed by atoms with Gasteiger partial charge in [-0.15, -0.1) is 0 Å². The number of aliphatic imine (C=N–C) groups is 1. The zero-order chi connectivity index (χ0) is 20.3. The van der Waals surface area contributed by atoms with E-state index in [1.807, 2.05) is 18.3 Å². The van der Waals surface area contributed by atoms with E-state index in [1.54, 1.807) is 0 Å². The summed E-state index contributed by atoms with van der Waals surface area (Å²) in [5.74, 6) is 2.30. The number of guanidine groups is 1. The summed E-state index contributed by atoms with van der Waals surface area (Å²) >= 11 is 0. The molecule has 2 saturated heterocycles. The Hall–Kier alpha value is -1.86. The fraction of sp³-hybridized carbons (Fsp3) is 0.727. The molecule has 3 heterocycles. The van der Waals surface area contributed by atoms with E-state index in [1.165, 1.54) is 13.0 Å². The molecule has 1 aromatic rings. The van der Waals surface area contributed by atoms with Crippen LogP contribution < -0.4 is 15.4 Å². The summed E-state index contributed by atoms with van der Waals surface area (Å²) in [7, 11) is 0. The molecule has 2 fully saturated rings. The Kier molecular flexibility index (Phi) is 9.02. The van der Waals surface area contributed by atoms with Crippen molar-refractivity contribution in [3.8, 4) is 5.88 Å². The average Bonchev–Trinajstić information content (AvgIpc) is 3.26. The molecular weight excluding hydrogens is 366 g/mol. The molecule has 2 N–H and O–H groups in total. The molecule has 0 saturated carbocycles. The minimum Gasteiger partial charge on any atom is -0.478 e. The Morgan fingerprint density at radius 1 is 1.28 bits per heavy atom. The summed E-state index contributed by atoms with van der Waals surface area (Å²) in [4.78, 5) is 11.7. The van der Waals surface area contributed by atoms with Crippen LogP contribution in [-0.4, -0.2) is 67.9 Å². The van der Waals surface area contributed by atoms with Gasteiger partial charge in [-0.3, -0.25) is 0 Å². The average molecular weight is 404 g/mol. The molecule has 0 aliphatic carbocycles. The van der Waals surface area contributed by atoms with E-state index < -0.39 is 0 Å².